The summed E-state index contributed by atoms with van der Waals surface area (Å²) in [6, 6.07) is 5.32. The van der Waals surface area contributed by atoms with Crippen LogP contribution >= 0.6 is 0 Å². The van der Waals surface area contributed by atoms with Crippen LogP contribution in [0.2, 0.25) is 0 Å². The number of para-hydroxylation sites is 1. The Hall–Kier alpha value is -1.77. The van der Waals surface area contributed by atoms with Crippen molar-refractivity contribution in [3.63, 3.8) is 0 Å². The molecule has 1 aromatic carbocycles. The van der Waals surface area contributed by atoms with Crippen LogP contribution in [0.3, 0.4) is 0 Å². The maximum Gasteiger partial charge on any atom is 0.516 e. The quantitative estimate of drug-likeness (QED) is 0.870. The molecule has 0 aliphatic heterocycles. The Bertz CT molecular complexity index is 568. The number of halogens is 3. The maximum atomic E-state index is 12.2. The topological polar surface area (TPSA) is 83.5 Å². The molecular weight excluding hydrogens is 287 g/mol. The van der Waals surface area contributed by atoms with E-state index in [1.807, 2.05) is 0 Å². The maximum absolute atomic E-state index is 12.2. The van der Waals surface area contributed by atoms with Gasteiger partial charge in [0.05, 0.1) is 5.69 Å². The molecule has 0 amide bonds. The van der Waals surface area contributed by atoms with E-state index >= 15 is 0 Å². The molecule has 0 saturated carbocycles. The Morgan fingerprint density at radius 1 is 1.26 bits per heavy atom. The molecule has 0 atom stereocenters. The number of hydrogen-bond acceptors (Lipinski definition) is 3. The lowest BCUT2D eigenvalue weighted by molar-refractivity contribution is -0.136. The molecule has 0 heterocycles. The van der Waals surface area contributed by atoms with Crippen molar-refractivity contribution in [3.8, 4) is 0 Å². The molecule has 0 aromatic heterocycles. The molecule has 19 heavy (non-hydrogen) atoms. The fraction of sp³-hybridized carbons (Fsp3) is 0.300. The highest BCUT2D eigenvalue weighted by molar-refractivity contribution is 7.93. The summed E-state index contributed by atoms with van der Waals surface area (Å²) in [5.74, 6) is -1.13. The molecule has 1 rings (SSSR count). The fourth-order valence-electron chi connectivity index (χ4n) is 1.28. The van der Waals surface area contributed by atoms with E-state index in [1.54, 1.807) is 0 Å². The standard InChI is InChI=1S/C10H10F3NO4S/c11-10(12,13)19(17,18)14-8-4-2-1-3-7(8)5-6-9(15)16/h1-4,14H,5-6H2,(H,15,16). The molecule has 2 N–H and O–H groups in total. The first-order chi connectivity index (χ1) is 8.63. The van der Waals surface area contributed by atoms with Crippen LogP contribution in [0.5, 0.6) is 0 Å². The Labute approximate surface area is 107 Å². The number of benzene rings is 1. The van der Waals surface area contributed by atoms with Crippen molar-refractivity contribution in [2.45, 2.75) is 18.3 Å². The highest BCUT2D eigenvalue weighted by Crippen LogP contribution is 2.27. The summed E-state index contributed by atoms with van der Waals surface area (Å²) < 4.78 is 60.0. The van der Waals surface area contributed by atoms with Crippen molar-refractivity contribution >= 4 is 21.7 Å². The smallest absolute Gasteiger partial charge is 0.481 e. The van der Waals surface area contributed by atoms with Gasteiger partial charge in [-0.1, -0.05) is 18.2 Å². The van der Waals surface area contributed by atoms with Crippen LogP contribution in [0, 0.1) is 0 Å². The van der Waals surface area contributed by atoms with Crippen molar-refractivity contribution in [2.24, 2.45) is 0 Å². The van der Waals surface area contributed by atoms with Crippen molar-refractivity contribution in [3.05, 3.63) is 29.8 Å². The molecule has 0 spiro atoms. The second kappa shape index (κ2) is 5.47. The minimum atomic E-state index is -5.51. The van der Waals surface area contributed by atoms with Gasteiger partial charge in [-0.25, -0.2) is 0 Å². The summed E-state index contributed by atoms with van der Waals surface area (Å²) in [5, 5.41) is 8.51. The van der Waals surface area contributed by atoms with Crippen molar-refractivity contribution in [1.29, 1.82) is 0 Å². The first-order valence-electron chi connectivity index (χ1n) is 5.02. The van der Waals surface area contributed by atoms with Crippen molar-refractivity contribution in [1.82, 2.24) is 0 Å². The number of alkyl halides is 3. The predicted molar refractivity (Wildman–Crippen MR) is 61.0 cm³/mol. The Morgan fingerprint density at radius 3 is 2.37 bits per heavy atom. The highest BCUT2D eigenvalue weighted by atomic mass is 32.2. The van der Waals surface area contributed by atoms with E-state index in [4.69, 9.17) is 5.11 Å². The van der Waals surface area contributed by atoms with Crippen LogP contribution in [0.15, 0.2) is 24.3 Å². The van der Waals surface area contributed by atoms with Gasteiger partial charge in [-0.15, -0.1) is 0 Å². The number of nitrogens with one attached hydrogen (secondary N) is 1. The third kappa shape index (κ3) is 4.12. The Morgan fingerprint density at radius 2 is 1.84 bits per heavy atom. The molecule has 0 fully saturated rings. The van der Waals surface area contributed by atoms with E-state index in [9.17, 15) is 26.4 Å². The fourth-order valence-corrected chi connectivity index (χ4v) is 1.89. The zero-order chi connectivity index (χ0) is 14.7. The molecule has 5 nitrogen and oxygen atoms in total. The van der Waals surface area contributed by atoms with Crippen LogP contribution in [0.1, 0.15) is 12.0 Å². The van der Waals surface area contributed by atoms with E-state index in [0.29, 0.717) is 0 Å². The van der Waals surface area contributed by atoms with E-state index in [0.717, 1.165) is 6.07 Å². The number of sulfonamides is 1. The van der Waals surface area contributed by atoms with Crippen LogP contribution in [-0.2, 0) is 21.2 Å². The molecule has 0 aliphatic rings. The second-order valence-electron chi connectivity index (χ2n) is 3.60. The zero-order valence-corrected chi connectivity index (χ0v) is 10.3. The lowest BCUT2D eigenvalue weighted by Crippen LogP contribution is -2.30. The summed E-state index contributed by atoms with van der Waals surface area (Å²) in [7, 11) is -5.51. The van der Waals surface area contributed by atoms with Crippen LogP contribution < -0.4 is 4.72 Å². The lowest BCUT2D eigenvalue weighted by atomic mass is 10.1. The average Bonchev–Trinajstić information content (AvgIpc) is 2.25. The summed E-state index contributed by atoms with van der Waals surface area (Å²) >= 11 is 0. The molecule has 1 aromatic rings. The molecule has 0 radical (unpaired) electrons. The van der Waals surface area contributed by atoms with E-state index in [1.165, 1.54) is 22.9 Å². The molecule has 0 unspecified atom stereocenters. The number of aryl methyl sites for hydroxylation is 1. The van der Waals surface area contributed by atoms with Gasteiger partial charge in [0.25, 0.3) is 0 Å². The number of carboxylic acids is 1. The van der Waals surface area contributed by atoms with Gasteiger partial charge in [0.1, 0.15) is 0 Å². The van der Waals surface area contributed by atoms with E-state index < -0.39 is 21.5 Å². The second-order valence-corrected chi connectivity index (χ2v) is 5.28. The molecule has 0 aliphatic carbocycles. The third-order valence-corrected chi connectivity index (χ3v) is 3.27. The SMILES string of the molecule is O=C(O)CCc1ccccc1NS(=O)(=O)C(F)(F)F. The highest BCUT2D eigenvalue weighted by Gasteiger charge is 2.46. The third-order valence-electron chi connectivity index (χ3n) is 2.17. The van der Waals surface area contributed by atoms with Crippen LogP contribution in [0.4, 0.5) is 18.9 Å². The Kier molecular flexibility index (Phi) is 4.40. The zero-order valence-electron chi connectivity index (χ0n) is 9.44. The van der Waals surface area contributed by atoms with Crippen molar-refractivity contribution in [2.75, 3.05) is 4.72 Å². The number of hydrogen-bond donors (Lipinski definition) is 2. The number of anilines is 1. The molecule has 0 saturated heterocycles. The minimum absolute atomic E-state index is 0.0775. The van der Waals surface area contributed by atoms with Gasteiger partial charge >= 0.3 is 21.5 Å². The number of carboxylic acid groups (broad SMARTS) is 1. The van der Waals surface area contributed by atoms with Crippen LogP contribution in [0.25, 0.3) is 0 Å². The lowest BCUT2D eigenvalue weighted by Gasteiger charge is -2.13. The van der Waals surface area contributed by atoms with Gasteiger partial charge in [0.15, 0.2) is 0 Å². The number of aliphatic carboxylic acids is 1. The Balaban J connectivity index is 2.99. The van der Waals surface area contributed by atoms with Gasteiger partial charge in [-0.05, 0) is 18.1 Å². The van der Waals surface area contributed by atoms with Crippen molar-refractivity contribution < 1.29 is 31.5 Å². The van der Waals surface area contributed by atoms with Crippen LogP contribution in [-0.4, -0.2) is 25.0 Å². The predicted octanol–water partition coefficient (Wildman–Crippen LogP) is 1.97. The van der Waals surface area contributed by atoms with Gasteiger partial charge < -0.3 is 5.11 Å². The minimum Gasteiger partial charge on any atom is -0.481 e. The van der Waals surface area contributed by atoms with Gasteiger partial charge in [0.2, 0.25) is 0 Å². The number of carbonyl (C=O) groups is 1. The average molecular weight is 297 g/mol. The molecular formula is C10H10F3NO4S. The summed E-state index contributed by atoms with van der Waals surface area (Å²) in [6.07, 6.45) is -0.392. The van der Waals surface area contributed by atoms with Gasteiger partial charge in [-0.3, -0.25) is 9.52 Å². The molecule has 9 heteroatoms. The summed E-state index contributed by atoms with van der Waals surface area (Å²) in [4.78, 5) is 10.4. The number of rotatable bonds is 5. The first kappa shape index (κ1) is 15.3. The van der Waals surface area contributed by atoms with E-state index in [-0.39, 0.29) is 24.1 Å². The largest absolute Gasteiger partial charge is 0.516 e. The first-order valence-corrected chi connectivity index (χ1v) is 6.50. The van der Waals surface area contributed by atoms with Gasteiger partial charge in [0, 0.05) is 6.42 Å². The van der Waals surface area contributed by atoms with Gasteiger partial charge in [-0.2, -0.15) is 21.6 Å². The summed E-state index contributed by atoms with van der Waals surface area (Å²) in [6.45, 7) is 0. The summed E-state index contributed by atoms with van der Waals surface area (Å²) in [5.41, 5.74) is -5.52. The monoisotopic (exact) mass is 297 g/mol. The molecule has 0 bridgehead atoms. The molecule has 106 valence electrons. The van der Waals surface area contributed by atoms with E-state index in [2.05, 4.69) is 0 Å². The normalized spacial score (nSPS) is 12.2.